The van der Waals surface area contributed by atoms with E-state index >= 15 is 0 Å². The number of ether oxygens (including phenoxy) is 1. The zero-order valence-electron chi connectivity index (χ0n) is 9.19. The van der Waals surface area contributed by atoms with Gasteiger partial charge >= 0.3 is 5.97 Å². The van der Waals surface area contributed by atoms with E-state index in [2.05, 4.69) is 16.6 Å². The van der Waals surface area contributed by atoms with Crippen LogP contribution in [0, 0.1) is 0 Å². The maximum absolute atomic E-state index is 11.2. The Hall–Kier alpha value is -1.52. The largest absolute Gasteiger partial charge is 0.464 e. The Kier molecular flexibility index (Phi) is 4.15. The fourth-order valence-electron chi connectivity index (χ4n) is 1.36. The fraction of sp³-hybridized carbons (Fsp3) is 0.600. The number of carbonyl (C=O) groups is 1. The van der Waals surface area contributed by atoms with Crippen molar-refractivity contribution in [3.05, 3.63) is 12.0 Å². The van der Waals surface area contributed by atoms with Crippen LogP contribution in [0.15, 0.2) is 6.33 Å². The van der Waals surface area contributed by atoms with Crippen molar-refractivity contribution in [2.45, 2.75) is 32.7 Å². The summed E-state index contributed by atoms with van der Waals surface area (Å²) in [5, 5.41) is 0. The Morgan fingerprint density at radius 1 is 1.60 bits per heavy atom. The van der Waals surface area contributed by atoms with Crippen LogP contribution in [0.5, 0.6) is 0 Å². The second-order valence-corrected chi connectivity index (χ2v) is 3.37. The van der Waals surface area contributed by atoms with Crippen molar-refractivity contribution < 1.29 is 9.53 Å². The van der Waals surface area contributed by atoms with Crippen molar-refractivity contribution in [3.63, 3.8) is 0 Å². The van der Waals surface area contributed by atoms with Crippen molar-refractivity contribution >= 4 is 11.8 Å². The Labute approximate surface area is 89.2 Å². The van der Waals surface area contributed by atoms with Crippen LogP contribution in [-0.2, 0) is 11.3 Å². The quantitative estimate of drug-likeness (QED) is 0.591. The van der Waals surface area contributed by atoms with Gasteiger partial charge in [-0.1, -0.05) is 19.8 Å². The molecule has 1 aromatic rings. The molecule has 5 nitrogen and oxygen atoms in total. The number of carbonyl (C=O) groups excluding carboxylic acids is 1. The predicted octanol–water partition coefficient (Wildman–Crippen LogP) is 1.44. The van der Waals surface area contributed by atoms with Gasteiger partial charge in [-0.25, -0.2) is 9.78 Å². The molecular formula is C10H17N3O2. The molecule has 0 amide bonds. The van der Waals surface area contributed by atoms with Crippen LogP contribution in [0.1, 0.15) is 36.7 Å². The molecule has 0 radical (unpaired) electrons. The van der Waals surface area contributed by atoms with Gasteiger partial charge in [0.1, 0.15) is 5.82 Å². The second kappa shape index (κ2) is 5.38. The maximum Gasteiger partial charge on any atom is 0.360 e. The standard InChI is InChI=1S/C10H17N3O2/c1-3-4-5-6-13-7-12-8(9(13)11)10(14)15-2/h7H,3-6,11H2,1-2H3. The Balaban J connectivity index is 2.67. The van der Waals surface area contributed by atoms with Crippen LogP contribution in [0.25, 0.3) is 0 Å². The molecule has 1 aromatic heterocycles. The molecule has 0 aliphatic heterocycles. The highest BCUT2D eigenvalue weighted by Crippen LogP contribution is 2.12. The van der Waals surface area contributed by atoms with Crippen molar-refractivity contribution in [2.24, 2.45) is 0 Å². The lowest BCUT2D eigenvalue weighted by molar-refractivity contribution is 0.0596. The SMILES string of the molecule is CCCCCn1cnc(C(=O)OC)c1N. The lowest BCUT2D eigenvalue weighted by Crippen LogP contribution is -2.08. The van der Waals surface area contributed by atoms with Crippen molar-refractivity contribution in [2.75, 3.05) is 12.8 Å². The number of hydrogen-bond donors (Lipinski definition) is 1. The van der Waals surface area contributed by atoms with Crippen molar-refractivity contribution in [1.29, 1.82) is 0 Å². The summed E-state index contributed by atoms with van der Waals surface area (Å²) in [7, 11) is 1.32. The third-order valence-corrected chi connectivity index (χ3v) is 2.26. The monoisotopic (exact) mass is 211 g/mol. The molecule has 2 N–H and O–H groups in total. The highest BCUT2D eigenvalue weighted by molar-refractivity contribution is 5.91. The fourth-order valence-corrected chi connectivity index (χ4v) is 1.36. The first-order valence-corrected chi connectivity index (χ1v) is 5.09. The summed E-state index contributed by atoms with van der Waals surface area (Å²) in [5.74, 6) is -0.0975. The minimum absolute atomic E-state index is 0.203. The molecule has 15 heavy (non-hydrogen) atoms. The van der Waals surface area contributed by atoms with E-state index in [0.29, 0.717) is 5.82 Å². The number of aryl methyl sites for hydroxylation is 1. The summed E-state index contributed by atoms with van der Waals surface area (Å²) in [6.07, 6.45) is 4.92. The Bertz CT molecular complexity index is 333. The van der Waals surface area contributed by atoms with Crippen LogP contribution in [0.3, 0.4) is 0 Å². The average Bonchev–Trinajstić information content (AvgIpc) is 2.60. The first-order valence-electron chi connectivity index (χ1n) is 5.09. The number of nitrogens with zero attached hydrogens (tertiary/aromatic N) is 2. The third-order valence-electron chi connectivity index (χ3n) is 2.26. The first-order chi connectivity index (χ1) is 7.20. The first kappa shape index (κ1) is 11.6. The van der Waals surface area contributed by atoms with Crippen LogP contribution in [0.4, 0.5) is 5.82 Å². The number of aromatic nitrogens is 2. The van der Waals surface area contributed by atoms with E-state index in [4.69, 9.17) is 5.73 Å². The molecular weight excluding hydrogens is 194 g/mol. The minimum atomic E-state index is -0.484. The molecule has 0 aliphatic rings. The van der Waals surface area contributed by atoms with E-state index in [9.17, 15) is 4.79 Å². The maximum atomic E-state index is 11.2. The number of methoxy groups -OCH3 is 1. The minimum Gasteiger partial charge on any atom is -0.464 e. The molecule has 0 spiro atoms. The lowest BCUT2D eigenvalue weighted by Gasteiger charge is -2.04. The van der Waals surface area contributed by atoms with Gasteiger partial charge in [0.2, 0.25) is 0 Å². The van der Waals surface area contributed by atoms with Gasteiger partial charge in [-0.2, -0.15) is 0 Å². The van der Waals surface area contributed by atoms with Gasteiger partial charge in [0.15, 0.2) is 5.69 Å². The van der Waals surface area contributed by atoms with E-state index in [1.165, 1.54) is 7.11 Å². The highest BCUT2D eigenvalue weighted by Gasteiger charge is 2.15. The molecule has 0 aliphatic carbocycles. The zero-order valence-corrected chi connectivity index (χ0v) is 9.19. The third kappa shape index (κ3) is 2.71. The topological polar surface area (TPSA) is 70.1 Å². The Morgan fingerprint density at radius 3 is 2.93 bits per heavy atom. The average molecular weight is 211 g/mol. The highest BCUT2D eigenvalue weighted by atomic mass is 16.5. The smallest absolute Gasteiger partial charge is 0.360 e. The molecule has 0 aromatic carbocycles. The van der Waals surface area contributed by atoms with Gasteiger partial charge in [0.05, 0.1) is 13.4 Å². The molecule has 5 heteroatoms. The van der Waals surface area contributed by atoms with E-state index in [0.717, 1.165) is 25.8 Å². The van der Waals surface area contributed by atoms with E-state index in [1.54, 1.807) is 10.9 Å². The van der Waals surface area contributed by atoms with Crippen molar-refractivity contribution in [1.82, 2.24) is 9.55 Å². The summed E-state index contributed by atoms with van der Waals surface area (Å²) in [6, 6.07) is 0. The number of rotatable bonds is 5. The zero-order chi connectivity index (χ0) is 11.3. The van der Waals surface area contributed by atoms with Crippen LogP contribution >= 0.6 is 0 Å². The summed E-state index contributed by atoms with van der Waals surface area (Å²) < 4.78 is 6.34. The molecule has 1 rings (SSSR count). The number of anilines is 1. The molecule has 0 fully saturated rings. The summed E-state index contributed by atoms with van der Waals surface area (Å²) >= 11 is 0. The number of nitrogens with two attached hydrogens (primary N) is 1. The second-order valence-electron chi connectivity index (χ2n) is 3.37. The molecule has 0 bridgehead atoms. The van der Waals surface area contributed by atoms with Gasteiger partial charge in [-0.3, -0.25) is 0 Å². The number of esters is 1. The van der Waals surface area contributed by atoms with E-state index < -0.39 is 5.97 Å². The number of imidazole rings is 1. The van der Waals surface area contributed by atoms with Crippen LogP contribution in [-0.4, -0.2) is 22.6 Å². The Morgan fingerprint density at radius 2 is 2.33 bits per heavy atom. The summed E-state index contributed by atoms with van der Waals surface area (Å²) in [6.45, 7) is 2.93. The molecule has 0 unspecified atom stereocenters. The number of nitrogen functional groups attached to an aromatic ring is 1. The van der Waals surface area contributed by atoms with E-state index in [1.807, 2.05) is 0 Å². The lowest BCUT2D eigenvalue weighted by atomic mass is 10.2. The summed E-state index contributed by atoms with van der Waals surface area (Å²) in [5.41, 5.74) is 5.96. The van der Waals surface area contributed by atoms with Gasteiger partial charge in [-0.05, 0) is 6.42 Å². The predicted molar refractivity (Wildman–Crippen MR) is 57.5 cm³/mol. The van der Waals surface area contributed by atoms with Crippen LogP contribution < -0.4 is 5.73 Å². The van der Waals surface area contributed by atoms with Gasteiger partial charge in [0.25, 0.3) is 0 Å². The molecule has 84 valence electrons. The molecule has 0 atom stereocenters. The van der Waals surface area contributed by atoms with Gasteiger partial charge in [0, 0.05) is 6.54 Å². The van der Waals surface area contributed by atoms with Crippen LogP contribution in [0.2, 0.25) is 0 Å². The number of hydrogen-bond acceptors (Lipinski definition) is 4. The number of unbranched alkanes of at least 4 members (excludes halogenated alkanes) is 2. The normalized spacial score (nSPS) is 10.3. The molecule has 0 saturated carbocycles. The van der Waals surface area contributed by atoms with Crippen molar-refractivity contribution in [3.8, 4) is 0 Å². The summed E-state index contributed by atoms with van der Waals surface area (Å²) in [4.78, 5) is 15.1. The van der Waals surface area contributed by atoms with Gasteiger partial charge in [-0.15, -0.1) is 0 Å². The van der Waals surface area contributed by atoms with Gasteiger partial charge < -0.3 is 15.0 Å². The van der Waals surface area contributed by atoms with E-state index in [-0.39, 0.29) is 5.69 Å². The molecule has 1 heterocycles. The molecule has 0 saturated heterocycles.